The van der Waals surface area contributed by atoms with Crippen LogP contribution >= 0.6 is 43.2 Å². The molecule has 0 amide bonds. The molecule has 0 bridgehead atoms. The molecule has 0 saturated carbocycles. The van der Waals surface area contributed by atoms with Gasteiger partial charge in [-0.3, -0.25) is 9.36 Å². The maximum atomic E-state index is 14.5. The molecule has 240 valence electrons. The third-order valence-electron chi connectivity index (χ3n) is 7.89. The number of thiazole rings is 1. The Hall–Kier alpha value is -3.99. The SMILES string of the molecule is CCCC1=C(C(=O)OCC)[C@H](c2cc(Br)ccc2OC)n2c(s/c(=C/c3c(OCc4ccc(Br)cc4)ccc4ccccc34)c2=O)=N1. The third-order valence-corrected chi connectivity index (χ3v) is 9.90. The summed E-state index contributed by atoms with van der Waals surface area (Å²) in [6, 6.07) is 24.7. The Labute approximate surface area is 293 Å². The monoisotopic (exact) mass is 774 g/mol. The first-order valence-corrected chi connectivity index (χ1v) is 17.7. The molecule has 6 rings (SSSR count). The van der Waals surface area contributed by atoms with Gasteiger partial charge in [-0.05, 0) is 72.2 Å². The highest BCUT2D eigenvalue weighted by atomic mass is 79.9. The van der Waals surface area contributed by atoms with Crippen LogP contribution in [0, 0.1) is 0 Å². The van der Waals surface area contributed by atoms with Crippen LogP contribution in [0.25, 0.3) is 16.8 Å². The van der Waals surface area contributed by atoms with E-state index in [-0.39, 0.29) is 12.2 Å². The molecular formula is C37H32Br2N2O5S. The molecule has 10 heteroatoms. The second-order valence-corrected chi connectivity index (χ2v) is 13.8. The summed E-state index contributed by atoms with van der Waals surface area (Å²) in [6.07, 6.45) is 3.18. The highest BCUT2D eigenvalue weighted by Crippen LogP contribution is 2.38. The number of benzene rings is 4. The van der Waals surface area contributed by atoms with Gasteiger partial charge in [-0.15, -0.1) is 0 Å². The number of ether oxygens (including phenoxy) is 3. The number of fused-ring (bicyclic) bond motifs is 2. The molecule has 0 saturated heterocycles. The van der Waals surface area contributed by atoms with Crippen LogP contribution in [-0.2, 0) is 16.1 Å². The fourth-order valence-corrected chi connectivity index (χ4v) is 7.40. The summed E-state index contributed by atoms with van der Waals surface area (Å²) in [5, 5.41) is 1.98. The van der Waals surface area contributed by atoms with E-state index in [0.29, 0.717) is 50.7 Å². The molecule has 0 N–H and O–H groups in total. The number of allylic oxidation sites excluding steroid dienone is 1. The standard InChI is InChI=1S/C37H32Br2N2O5S/c1-4-8-29-33(36(43)45-5-2)34(28-19-25(39)16-18-30(28)44-3)41-35(42)32(47-37(41)40-29)20-27-26-10-7-6-9-23(26)13-17-31(27)46-21-22-11-14-24(38)15-12-22/h6-7,9-20,34H,4-5,8,21H2,1-3H3/b32-20+/t34-/m0/s1. The Bertz CT molecular complexity index is 2190. The first-order valence-electron chi connectivity index (χ1n) is 15.3. The quantitative estimate of drug-likeness (QED) is 0.135. The fourth-order valence-electron chi connectivity index (χ4n) is 5.76. The van der Waals surface area contributed by atoms with Crippen molar-refractivity contribution in [3.05, 3.63) is 135 Å². The van der Waals surface area contributed by atoms with E-state index in [1.54, 1.807) is 18.6 Å². The van der Waals surface area contributed by atoms with Crippen LogP contribution < -0.4 is 24.4 Å². The van der Waals surface area contributed by atoms with Crippen molar-refractivity contribution in [2.45, 2.75) is 39.3 Å². The molecule has 1 aliphatic heterocycles. The maximum Gasteiger partial charge on any atom is 0.338 e. The van der Waals surface area contributed by atoms with Crippen LogP contribution in [-0.4, -0.2) is 24.3 Å². The average Bonchev–Trinajstić information content (AvgIpc) is 3.38. The van der Waals surface area contributed by atoms with Gasteiger partial charge in [-0.1, -0.05) is 99.0 Å². The Balaban J connectivity index is 1.58. The normalized spacial score (nSPS) is 14.6. The van der Waals surface area contributed by atoms with Crippen LogP contribution in [0.5, 0.6) is 11.5 Å². The zero-order valence-corrected chi connectivity index (χ0v) is 30.1. The lowest BCUT2D eigenvalue weighted by Gasteiger charge is -2.27. The highest BCUT2D eigenvalue weighted by molar-refractivity contribution is 9.10. The van der Waals surface area contributed by atoms with Gasteiger partial charge in [0.05, 0.1) is 29.5 Å². The Morgan fingerprint density at radius 3 is 2.47 bits per heavy atom. The van der Waals surface area contributed by atoms with Crippen molar-refractivity contribution in [2.24, 2.45) is 4.99 Å². The zero-order valence-electron chi connectivity index (χ0n) is 26.1. The molecule has 1 atom stereocenters. The molecule has 0 spiro atoms. The molecule has 0 unspecified atom stereocenters. The summed E-state index contributed by atoms with van der Waals surface area (Å²) in [5.41, 5.74) is 3.14. The van der Waals surface area contributed by atoms with E-state index in [1.165, 1.54) is 11.3 Å². The summed E-state index contributed by atoms with van der Waals surface area (Å²) >= 11 is 8.36. The summed E-state index contributed by atoms with van der Waals surface area (Å²) in [5.74, 6) is 0.699. The number of hydrogen-bond donors (Lipinski definition) is 0. The minimum Gasteiger partial charge on any atom is -0.496 e. The van der Waals surface area contributed by atoms with Gasteiger partial charge in [-0.25, -0.2) is 9.79 Å². The van der Waals surface area contributed by atoms with E-state index in [1.807, 2.05) is 91.9 Å². The van der Waals surface area contributed by atoms with Crippen LogP contribution in [0.1, 0.15) is 49.4 Å². The smallest absolute Gasteiger partial charge is 0.338 e. The molecule has 47 heavy (non-hydrogen) atoms. The van der Waals surface area contributed by atoms with Crippen molar-refractivity contribution in [1.82, 2.24) is 4.57 Å². The van der Waals surface area contributed by atoms with Crippen LogP contribution in [0.4, 0.5) is 0 Å². The lowest BCUT2D eigenvalue weighted by atomic mass is 9.93. The molecule has 0 fully saturated rings. The average molecular weight is 777 g/mol. The largest absolute Gasteiger partial charge is 0.496 e. The number of aromatic nitrogens is 1. The number of hydrogen-bond acceptors (Lipinski definition) is 7. The van der Waals surface area contributed by atoms with E-state index in [9.17, 15) is 9.59 Å². The Morgan fingerprint density at radius 2 is 1.72 bits per heavy atom. The molecule has 2 heterocycles. The predicted octanol–water partition coefficient (Wildman–Crippen LogP) is 7.84. The predicted molar refractivity (Wildman–Crippen MR) is 193 cm³/mol. The van der Waals surface area contributed by atoms with Crippen molar-refractivity contribution in [1.29, 1.82) is 0 Å². The second-order valence-electron chi connectivity index (χ2n) is 10.9. The second kappa shape index (κ2) is 14.4. The van der Waals surface area contributed by atoms with Crippen molar-refractivity contribution < 1.29 is 19.0 Å². The van der Waals surface area contributed by atoms with Crippen molar-refractivity contribution in [3.8, 4) is 11.5 Å². The number of methoxy groups -OCH3 is 1. The first-order chi connectivity index (χ1) is 22.8. The lowest BCUT2D eigenvalue weighted by Crippen LogP contribution is -2.40. The molecule has 5 aromatic rings. The van der Waals surface area contributed by atoms with E-state index in [2.05, 4.69) is 31.9 Å². The molecule has 0 aliphatic carbocycles. The van der Waals surface area contributed by atoms with Crippen LogP contribution in [0.2, 0.25) is 0 Å². The molecular weight excluding hydrogens is 744 g/mol. The molecule has 1 aromatic heterocycles. The Morgan fingerprint density at radius 1 is 0.979 bits per heavy atom. The van der Waals surface area contributed by atoms with Gasteiger partial charge in [-0.2, -0.15) is 0 Å². The molecule has 4 aromatic carbocycles. The van der Waals surface area contributed by atoms with Crippen LogP contribution in [0.3, 0.4) is 0 Å². The van der Waals surface area contributed by atoms with Gasteiger partial charge in [0.2, 0.25) is 0 Å². The van der Waals surface area contributed by atoms with Crippen LogP contribution in [0.15, 0.2) is 109 Å². The van der Waals surface area contributed by atoms with E-state index in [4.69, 9.17) is 19.2 Å². The van der Waals surface area contributed by atoms with Gasteiger partial charge in [0.1, 0.15) is 24.1 Å². The number of rotatable bonds is 10. The number of nitrogens with zero attached hydrogens (tertiary/aromatic N) is 2. The minimum atomic E-state index is -0.804. The summed E-state index contributed by atoms with van der Waals surface area (Å²) < 4.78 is 21.5. The van der Waals surface area contributed by atoms with Crippen molar-refractivity contribution in [2.75, 3.05) is 13.7 Å². The van der Waals surface area contributed by atoms with E-state index >= 15 is 0 Å². The van der Waals surface area contributed by atoms with Gasteiger partial charge in [0.15, 0.2) is 4.80 Å². The van der Waals surface area contributed by atoms with Crippen molar-refractivity contribution >= 4 is 66.0 Å². The van der Waals surface area contributed by atoms with E-state index < -0.39 is 12.0 Å². The zero-order chi connectivity index (χ0) is 33.1. The number of carbonyl (C=O) groups excluding carboxylic acids is 1. The number of esters is 1. The molecule has 7 nitrogen and oxygen atoms in total. The lowest BCUT2D eigenvalue weighted by molar-refractivity contribution is -0.139. The minimum absolute atomic E-state index is 0.193. The summed E-state index contributed by atoms with van der Waals surface area (Å²) in [6.45, 7) is 4.35. The highest BCUT2D eigenvalue weighted by Gasteiger charge is 2.36. The van der Waals surface area contributed by atoms with Gasteiger partial charge in [0, 0.05) is 20.1 Å². The van der Waals surface area contributed by atoms with Gasteiger partial charge in [0.25, 0.3) is 5.56 Å². The first kappa shape index (κ1) is 32.9. The number of halogens is 2. The van der Waals surface area contributed by atoms with Crippen molar-refractivity contribution in [3.63, 3.8) is 0 Å². The fraction of sp³-hybridized carbons (Fsp3) is 0.216. The topological polar surface area (TPSA) is 79.1 Å². The van der Waals surface area contributed by atoms with Gasteiger partial charge < -0.3 is 14.2 Å². The number of carbonyl (C=O) groups is 1. The molecule has 0 radical (unpaired) electrons. The Kier molecular flexibility index (Phi) is 10.1. The molecule has 1 aliphatic rings. The van der Waals surface area contributed by atoms with Gasteiger partial charge >= 0.3 is 5.97 Å². The summed E-state index contributed by atoms with van der Waals surface area (Å²) in [4.78, 5) is 33.6. The van der Waals surface area contributed by atoms with E-state index in [0.717, 1.165) is 37.3 Å². The maximum absolute atomic E-state index is 14.5. The summed E-state index contributed by atoms with van der Waals surface area (Å²) in [7, 11) is 1.58. The third kappa shape index (κ3) is 6.72.